The Kier molecular flexibility index (Phi) is 14.8. The lowest BCUT2D eigenvalue weighted by Crippen LogP contribution is -2.51. The number of rotatable bonds is 20. The van der Waals surface area contributed by atoms with E-state index in [-0.39, 0.29) is 54.3 Å². The zero-order chi connectivity index (χ0) is 40.5. The number of amides is 1. The van der Waals surface area contributed by atoms with Crippen molar-refractivity contribution < 1.29 is 65.5 Å². The number of sulfonamides is 1. The van der Waals surface area contributed by atoms with Crippen molar-refractivity contribution >= 4 is 29.7 Å². The Hall–Kier alpha value is -4.22. The quantitative estimate of drug-likeness (QED) is 0.130. The summed E-state index contributed by atoms with van der Waals surface area (Å²) in [5.41, 5.74) is 0.614. The summed E-state index contributed by atoms with van der Waals surface area (Å²) in [4.78, 5) is 24.8. The van der Waals surface area contributed by atoms with Gasteiger partial charge in [0.25, 0.3) is 0 Å². The lowest BCUT2D eigenvalue weighted by atomic mass is 10.0. The van der Waals surface area contributed by atoms with Gasteiger partial charge < -0.3 is 43.7 Å². The number of hydrogen-bond acceptors (Lipinski definition) is 13. The van der Waals surface area contributed by atoms with Crippen LogP contribution in [-0.4, -0.2) is 105 Å². The van der Waals surface area contributed by atoms with Crippen molar-refractivity contribution in [3.05, 3.63) is 84.4 Å². The van der Waals surface area contributed by atoms with Crippen molar-refractivity contribution in [1.82, 2.24) is 9.62 Å². The van der Waals surface area contributed by atoms with Crippen molar-refractivity contribution in [1.29, 1.82) is 0 Å². The van der Waals surface area contributed by atoms with Gasteiger partial charge in [-0.2, -0.15) is 4.31 Å². The molecule has 3 N–H and O–H groups in total. The highest BCUT2D eigenvalue weighted by molar-refractivity contribution is 7.89. The number of para-hydroxylation sites is 1. The number of benzene rings is 3. The van der Waals surface area contributed by atoms with E-state index in [1.807, 2.05) is 13.8 Å². The maximum absolute atomic E-state index is 13.9. The molecule has 2 saturated heterocycles. The highest BCUT2D eigenvalue weighted by Crippen LogP contribution is 2.49. The normalized spacial score (nSPS) is 20.7. The fourth-order valence-corrected chi connectivity index (χ4v) is 9.30. The van der Waals surface area contributed by atoms with Crippen molar-refractivity contribution in [3.8, 4) is 17.2 Å². The number of carbonyl (C=O) groups excluding carboxylic acids is 1. The predicted octanol–water partition coefficient (Wildman–Crippen LogP) is 4.90. The summed E-state index contributed by atoms with van der Waals surface area (Å²) in [6.45, 7) is 5.31. The first kappa shape index (κ1) is 42.9. The lowest BCUT2D eigenvalue weighted by molar-refractivity contribution is -0.144. The molecule has 7 atom stereocenters. The number of nitrogens with one attached hydrogen (secondary N) is 1. The van der Waals surface area contributed by atoms with Crippen LogP contribution in [0.2, 0.25) is 0 Å². The van der Waals surface area contributed by atoms with Crippen LogP contribution in [0, 0.1) is 11.8 Å². The average Bonchev–Trinajstić information content (AvgIpc) is 3.79. The molecule has 2 aliphatic heterocycles. The number of carboxylic acid groups (broad SMARTS) is 1. The number of methoxy groups -OCH3 is 1. The van der Waals surface area contributed by atoms with Gasteiger partial charge >= 0.3 is 19.7 Å². The smallest absolute Gasteiger partial charge is 0.417 e. The average molecular weight is 821 g/mol. The van der Waals surface area contributed by atoms with Crippen molar-refractivity contribution in [3.63, 3.8) is 0 Å². The van der Waals surface area contributed by atoms with Crippen LogP contribution in [0.3, 0.4) is 0 Å². The summed E-state index contributed by atoms with van der Waals surface area (Å²) < 4.78 is 81.2. The molecule has 306 valence electrons. The molecule has 2 aliphatic rings. The van der Waals surface area contributed by atoms with Crippen LogP contribution in [0.1, 0.15) is 32.8 Å². The standard InChI is InChI=1S/C38H49N2O14PS/c1-25(2)21-40(56(46,47)31-16-14-28(48-4)15-17-31)22-34(41)33(39-38(44)52-35-23-50-37-32(35)18-19-49-37)20-27-10-12-29(13-11-27)51-24-55(45,53-26(3)36(42)43)54-30-8-6-5-7-9-30/h5-17,25-26,32-35,37,41H,18-24H2,1-4H3,(H,39,44)(H,42,43)/t26-,32-,33-,34+,35-,37+,55?/m0/s1. The monoisotopic (exact) mass is 820 g/mol. The molecule has 18 heteroatoms. The van der Waals surface area contributed by atoms with Gasteiger partial charge in [0.05, 0.1) is 43.3 Å². The first-order chi connectivity index (χ1) is 26.7. The number of aliphatic carboxylic acids is 1. The van der Waals surface area contributed by atoms with Gasteiger partial charge in [-0.05, 0) is 79.8 Å². The van der Waals surface area contributed by atoms with Crippen LogP contribution >= 0.6 is 7.60 Å². The number of alkyl carbamates (subject to hydrolysis) is 1. The fraction of sp³-hybridized carbons (Fsp3) is 0.474. The number of hydrogen-bond donors (Lipinski definition) is 3. The molecule has 1 amide bonds. The largest absolute Gasteiger partial charge is 0.497 e. The number of nitrogens with zero attached hydrogens (tertiary/aromatic N) is 1. The van der Waals surface area contributed by atoms with Gasteiger partial charge in [0.1, 0.15) is 23.4 Å². The van der Waals surface area contributed by atoms with E-state index in [1.165, 1.54) is 42.6 Å². The Balaban J connectivity index is 1.32. The molecule has 16 nitrogen and oxygen atoms in total. The first-order valence-electron chi connectivity index (χ1n) is 18.1. The van der Waals surface area contributed by atoms with E-state index < -0.39 is 66.7 Å². The van der Waals surface area contributed by atoms with Gasteiger partial charge in [0.2, 0.25) is 16.4 Å². The third kappa shape index (κ3) is 11.7. The minimum atomic E-state index is -4.14. The number of aliphatic hydroxyl groups is 1. The van der Waals surface area contributed by atoms with Gasteiger partial charge in [-0.1, -0.05) is 44.2 Å². The maximum atomic E-state index is 13.9. The van der Waals surface area contributed by atoms with E-state index in [0.717, 1.165) is 0 Å². The molecule has 3 aromatic carbocycles. The molecule has 2 fully saturated rings. The van der Waals surface area contributed by atoms with Crippen LogP contribution in [0.5, 0.6) is 17.2 Å². The molecule has 1 unspecified atom stereocenters. The Morgan fingerprint density at radius 1 is 0.946 bits per heavy atom. The van der Waals surface area contributed by atoms with Crippen molar-refractivity contribution in [2.24, 2.45) is 11.8 Å². The molecule has 0 aliphatic carbocycles. The highest BCUT2D eigenvalue weighted by Gasteiger charge is 2.44. The van der Waals surface area contributed by atoms with E-state index in [2.05, 4.69) is 5.32 Å². The molecule has 5 rings (SSSR count). The molecule has 0 bridgehead atoms. The van der Waals surface area contributed by atoms with E-state index in [9.17, 15) is 32.8 Å². The van der Waals surface area contributed by atoms with E-state index in [0.29, 0.717) is 24.3 Å². The summed E-state index contributed by atoms with van der Waals surface area (Å²) in [5, 5.41) is 23.8. The highest BCUT2D eigenvalue weighted by atomic mass is 32.2. The van der Waals surface area contributed by atoms with Gasteiger partial charge in [0.15, 0.2) is 12.4 Å². The second-order valence-electron chi connectivity index (χ2n) is 13.9. The third-order valence-electron chi connectivity index (χ3n) is 9.09. The number of aliphatic hydroxyl groups excluding tert-OH is 1. The Morgan fingerprint density at radius 2 is 1.62 bits per heavy atom. The van der Waals surface area contributed by atoms with Crippen molar-refractivity contribution in [2.75, 3.05) is 39.8 Å². The second-order valence-corrected chi connectivity index (χ2v) is 17.7. The van der Waals surface area contributed by atoms with Crippen LogP contribution < -0.4 is 19.3 Å². The molecule has 0 spiro atoms. The maximum Gasteiger partial charge on any atom is 0.417 e. The minimum Gasteiger partial charge on any atom is -0.497 e. The molecular formula is C38H49N2O14PS. The number of ether oxygens (including phenoxy) is 5. The minimum absolute atomic E-state index is 0.0155. The molecular weight excluding hydrogens is 771 g/mol. The summed E-state index contributed by atoms with van der Waals surface area (Å²) in [7, 11) is -6.75. The topological polar surface area (TPSA) is 206 Å². The molecule has 0 aromatic heterocycles. The fourth-order valence-electron chi connectivity index (χ4n) is 6.20. The predicted molar refractivity (Wildman–Crippen MR) is 202 cm³/mol. The van der Waals surface area contributed by atoms with Crippen LogP contribution in [-0.2, 0) is 44.5 Å². The van der Waals surface area contributed by atoms with Crippen molar-refractivity contribution in [2.45, 2.75) is 69.2 Å². The first-order valence-corrected chi connectivity index (χ1v) is 21.3. The number of fused-ring (bicyclic) bond motifs is 1. The van der Waals surface area contributed by atoms with Gasteiger partial charge in [0, 0.05) is 13.1 Å². The Morgan fingerprint density at radius 3 is 2.27 bits per heavy atom. The molecule has 0 radical (unpaired) electrons. The van der Waals surface area contributed by atoms with Gasteiger partial charge in [-0.15, -0.1) is 0 Å². The SMILES string of the molecule is COc1ccc(S(=O)(=O)N(CC(C)C)C[C@@H](O)[C@H](Cc2ccc(OCP(=O)(Oc3ccccc3)O[C@@H](C)C(=O)O)cc2)NC(=O)O[C@H]2CO[C@H]3OCC[C@H]32)cc1. The van der Waals surface area contributed by atoms with Crippen LogP contribution in [0.25, 0.3) is 0 Å². The Labute approximate surface area is 326 Å². The van der Waals surface area contributed by atoms with Crippen LogP contribution in [0.15, 0.2) is 83.8 Å². The molecule has 0 saturated carbocycles. The molecule has 3 aromatic rings. The summed E-state index contributed by atoms with van der Waals surface area (Å²) in [5.74, 6) is -0.640. The van der Waals surface area contributed by atoms with E-state index in [4.69, 9.17) is 32.7 Å². The third-order valence-corrected chi connectivity index (χ3v) is 12.5. The zero-order valence-electron chi connectivity index (χ0n) is 31.6. The van der Waals surface area contributed by atoms with Crippen LogP contribution in [0.4, 0.5) is 4.79 Å². The van der Waals surface area contributed by atoms with Gasteiger partial charge in [-0.3, -0.25) is 4.52 Å². The number of carboxylic acids is 1. The second kappa shape index (κ2) is 19.3. The van der Waals surface area contributed by atoms with E-state index in [1.54, 1.807) is 54.6 Å². The number of carbonyl (C=O) groups is 2. The molecule has 2 heterocycles. The summed E-state index contributed by atoms with van der Waals surface area (Å²) in [6.07, 6.45) is -4.58. The lowest BCUT2D eigenvalue weighted by Gasteiger charge is -2.31. The Bertz CT molecular complexity index is 1900. The van der Waals surface area contributed by atoms with E-state index >= 15 is 0 Å². The molecule has 56 heavy (non-hydrogen) atoms. The summed E-state index contributed by atoms with van der Waals surface area (Å²) >= 11 is 0. The summed E-state index contributed by atoms with van der Waals surface area (Å²) in [6, 6.07) is 19.4. The van der Waals surface area contributed by atoms with Gasteiger partial charge in [-0.25, -0.2) is 22.6 Å². The zero-order valence-corrected chi connectivity index (χ0v) is 33.3.